The summed E-state index contributed by atoms with van der Waals surface area (Å²) in [5.41, 5.74) is 11.3. The fourth-order valence-corrected chi connectivity index (χ4v) is 8.31. The van der Waals surface area contributed by atoms with Crippen molar-refractivity contribution in [3.63, 3.8) is 0 Å². The highest BCUT2D eigenvalue weighted by Gasteiger charge is 2.16. The first-order valence-corrected chi connectivity index (χ1v) is 22.1. The molecule has 6 heteroatoms. The summed E-state index contributed by atoms with van der Waals surface area (Å²) in [6, 6.07) is 68.3. The lowest BCUT2D eigenvalue weighted by Crippen LogP contribution is -2.09. The molecule has 9 aromatic carbocycles. The molecule has 0 atom stereocenters. The fourth-order valence-electron chi connectivity index (χ4n) is 8.31. The largest absolute Gasteiger partial charge is 0.494 e. The first-order chi connectivity index (χ1) is 32.5. The highest BCUT2D eigenvalue weighted by Crippen LogP contribution is 2.41. The van der Waals surface area contributed by atoms with Gasteiger partial charge in [0.15, 0.2) is 0 Å². The number of hydrogen-bond donors (Lipinski definition) is 0. The van der Waals surface area contributed by atoms with Gasteiger partial charge >= 0.3 is 0 Å². The van der Waals surface area contributed by atoms with Gasteiger partial charge in [-0.3, -0.25) is 0 Å². The number of nitrogens with zero attached hydrogens (tertiary/aromatic N) is 4. The van der Waals surface area contributed by atoms with E-state index in [0.29, 0.717) is 24.5 Å². The molecule has 0 unspecified atom stereocenters. The molecule has 0 aliphatic heterocycles. The maximum atomic E-state index is 10.6. The lowest BCUT2D eigenvalue weighted by atomic mass is 9.93. The summed E-state index contributed by atoms with van der Waals surface area (Å²) in [5.74, 6) is 1.68. The molecule has 0 aliphatic carbocycles. The Bertz CT molecular complexity index is 3030. The molecular weight excluding hydrogens is 809 g/mol. The van der Waals surface area contributed by atoms with E-state index in [1.807, 2.05) is 111 Å². The zero-order chi connectivity index (χ0) is 45.2. The molecule has 9 aromatic rings. The monoisotopic (exact) mass is 854 g/mol. The van der Waals surface area contributed by atoms with Crippen LogP contribution in [0.4, 0.5) is 39.8 Å². The van der Waals surface area contributed by atoms with E-state index in [4.69, 9.17) is 16.0 Å². The standard InChI is InChI=1S/C60H46N4O2/c1-4-65-53-34-30-51(31-35-53)63(47-12-8-6-9-13-47)49-26-20-43(21-27-49)16-18-45-25-39-56-57(40-45)59(42-61)55-38-24-46(41-58(55)60(56)62-3)19-17-44-22-28-50(29-23-44)64(48-14-10-7-11-15-48)52-32-36-54(37-33-52)66-5-2/h6-41H,4-5H2,1-2H3/b18-16-,19-17-. The van der Waals surface area contributed by atoms with Gasteiger partial charge in [0, 0.05) is 34.1 Å². The minimum atomic E-state index is 0.538. The van der Waals surface area contributed by atoms with Gasteiger partial charge in [-0.25, -0.2) is 4.85 Å². The predicted molar refractivity (Wildman–Crippen MR) is 275 cm³/mol. The zero-order valence-electron chi connectivity index (χ0n) is 36.8. The van der Waals surface area contributed by atoms with Gasteiger partial charge in [0.25, 0.3) is 0 Å². The van der Waals surface area contributed by atoms with Crippen molar-refractivity contribution in [2.45, 2.75) is 13.8 Å². The van der Waals surface area contributed by atoms with Crippen LogP contribution in [-0.4, -0.2) is 13.2 Å². The molecule has 0 radical (unpaired) electrons. The number of ether oxygens (including phenoxy) is 2. The van der Waals surface area contributed by atoms with E-state index in [0.717, 1.165) is 89.4 Å². The van der Waals surface area contributed by atoms with Crippen LogP contribution in [0.2, 0.25) is 0 Å². The van der Waals surface area contributed by atoms with Crippen molar-refractivity contribution in [1.29, 1.82) is 5.26 Å². The SMILES string of the molecule is [C-]#[N+]c1c2ccc(/C=C\c3ccc(N(c4ccccc4)c4ccc(OCC)cc4)cc3)cc2c(C#N)c2ccc(/C=C\c3ccc(N(c4ccccc4)c4ccc(OCC)cc4)cc3)cc12. The number of hydrogen-bond acceptors (Lipinski definition) is 5. The Morgan fingerprint density at radius 2 is 0.803 bits per heavy atom. The molecular formula is C60H46N4O2. The van der Waals surface area contributed by atoms with E-state index in [2.05, 4.69) is 142 Å². The van der Waals surface area contributed by atoms with E-state index in [1.165, 1.54) is 0 Å². The summed E-state index contributed by atoms with van der Waals surface area (Å²) in [4.78, 5) is 8.47. The number of anilines is 6. The Hall–Kier alpha value is -8.84. The van der Waals surface area contributed by atoms with Gasteiger partial charge in [-0.15, -0.1) is 0 Å². The summed E-state index contributed by atoms with van der Waals surface area (Å²) in [6.45, 7) is 13.5. The Morgan fingerprint density at radius 1 is 0.439 bits per heavy atom. The summed E-state index contributed by atoms with van der Waals surface area (Å²) < 4.78 is 11.4. The summed E-state index contributed by atoms with van der Waals surface area (Å²) in [7, 11) is 0. The Balaban J connectivity index is 0.958. The molecule has 0 saturated carbocycles. The second kappa shape index (κ2) is 19.7. The van der Waals surface area contributed by atoms with Crippen molar-refractivity contribution in [3.8, 4) is 17.6 Å². The molecule has 0 aromatic heterocycles. The molecule has 66 heavy (non-hydrogen) atoms. The maximum absolute atomic E-state index is 10.6. The molecule has 0 fully saturated rings. The predicted octanol–water partition coefficient (Wildman–Crippen LogP) is 16.5. The fraction of sp³-hybridized carbons (Fsp3) is 0.0667. The average Bonchev–Trinajstić information content (AvgIpc) is 3.37. The summed E-state index contributed by atoms with van der Waals surface area (Å²) in [6.07, 6.45) is 8.26. The molecule has 0 bridgehead atoms. The Kier molecular flexibility index (Phi) is 12.7. The van der Waals surface area contributed by atoms with E-state index in [1.54, 1.807) is 0 Å². The van der Waals surface area contributed by atoms with E-state index in [9.17, 15) is 5.26 Å². The number of para-hydroxylation sites is 2. The molecule has 0 spiro atoms. The second-order valence-corrected chi connectivity index (χ2v) is 15.6. The maximum Gasteiger partial charge on any atom is 0.202 e. The van der Waals surface area contributed by atoms with Gasteiger partial charge in [0.05, 0.1) is 25.3 Å². The molecule has 0 heterocycles. The summed E-state index contributed by atoms with van der Waals surface area (Å²) >= 11 is 0. The van der Waals surface area contributed by atoms with Crippen LogP contribution >= 0.6 is 0 Å². The first-order valence-electron chi connectivity index (χ1n) is 22.1. The van der Waals surface area contributed by atoms with Crippen molar-refractivity contribution in [2.24, 2.45) is 0 Å². The molecule has 0 N–H and O–H groups in total. The van der Waals surface area contributed by atoms with E-state index < -0.39 is 0 Å². The molecule has 6 nitrogen and oxygen atoms in total. The lowest BCUT2D eigenvalue weighted by Gasteiger charge is -2.25. The van der Waals surface area contributed by atoms with Crippen molar-refractivity contribution in [2.75, 3.05) is 23.0 Å². The van der Waals surface area contributed by atoms with Crippen molar-refractivity contribution in [1.82, 2.24) is 0 Å². The van der Waals surface area contributed by atoms with Gasteiger partial charge in [-0.05, 0) is 161 Å². The van der Waals surface area contributed by atoms with Crippen LogP contribution in [0.5, 0.6) is 11.5 Å². The van der Waals surface area contributed by atoms with Crippen LogP contribution in [0.25, 0.3) is 50.7 Å². The first kappa shape index (κ1) is 42.5. The van der Waals surface area contributed by atoms with Crippen molar-refractivity contribution in [3.05, 3.63) is 233 Å². The second-order valence-electron chi connectivity index (χ2n) is 15.6. The van der Waals surface area contributed by atoms with E-state index >= 15 is 0 Å². The molecule has 318 valence electrons. The minimum Gasteiger partial charge on any atom is -0.494 e. The minimum absolute atomic E-state index is 0.538. The third kappa shape index (κ3) is 9.13. The molecule has 0 amide bonds. The van der Waals surface area contributed by atoms with Crippen molar-refractivity contribution >= 4 is 85.7 Å². The summed E-state index contributed by atoms with van der Waals surface area (Å²) in [5, 5.41) is 13.6. The van der Waals surface area contributed by atoms with E-state index in [-0.39, 0.29) is 0 Å². The van der Waals surface area contributed by atoms with Crippen LogP contribution in [0.1, 0.15) is 41.7 Å². The Morgan fingerprint density at radius 3 is 1.21 bits per heavy atom. The molecule has 0 aliphatic rings. The van der Waals surface area contributed by atoms with Gasteiger partial charge in [-0.1, -0.05) is 115 Å². The zero-order valence-corrected chi connectivity index (χ0v) is 36.8. The number of benzene rings is 9. The van der Waals surface area contributed by atoms with Gasteiger partial charge in [0.1, 0.15) is 17.6 Å². The topological polar surface area (TPSA) is 53.1 Å². The van der Waals surface area contributed by atoms with Crippen LogP contribution in [0, 0.1) is 17.9 Å². The highest BCUT2D eigenvalue weighted by molar-refractivity contribution is 6.16. The van der Waals surface area contributed by atoms with Crippen molar-refractivity contribution < 1.29 is 9.47 Å². The third-order valence-electron chi connectivity index (χ3n) is 11.4. The van der Waals surface area contributed by atoms with Crippen LogP contribution in [0.15, 0.2) is 194 Å². The molecule has 0 saturated heterocycles. The highest BCUT2D eigenvalue weighted by atomic mass is 16.5. The molecule has 9 rings (SSSR count). The number of nitriles is 1. The average molecular weight is 855 g/mol. The van der Waals surface area contributed by atoms with Crippen LogP contribution < -0.4 is 19.3 Å². The van der Waals surface area contributed by atoms with Crippen LogP contribution in [-0.2, 0) is 0 Å². The lowest BCUT2D eigenvalue weighted by molar-refractivity contribution is 0.340. The van der Waals surface area contributed by atoms with Crippen LogP contribution in [0.3, 0.4) is 0 Å². The number of rotatable bonds is 14. The number of fused-ring (bicyclic) bond motifs is 2. The smallest absolute Gasteiger partial charge is 0.202 e. The Labute approximate surface area is 386 Å². The normalized spacial score (nSPS) is 11.2. The van der Waals surface area contributed by atoms with Gasteiger partial charge in [-0.2, -0.15) is 5.26 Å². The quantitative estimate of drug-likeness (QED) is 0.0620. The van der Waals surface area contributed by atoms with Gasteiger partial charge in [0.2, 0.25) is 5.69 Å². The van der Waals surface area contributed by atoms with Gasteiger partial charge < -0.3 is 19.3 Å². The third-order valence-corrected chi connectivity index (χ3v) is 11.4.